The summed E-state index contributed by atoms with van der Waals surface area (Å²) >= 11 is 0. The van der Waals surface area contributed by atoms with Crippen LogP contribution in [0.2, 0.25) is 0 Å². The molecule has 2 nitrogen and oxygen atoms in total. The van der Waals surface area contributed by atoms with E-state index < -0.39 is 61.3 Å². The number of hydrogen-bond acceptors (Lipinski definition) is 1. The molecule has 1 unspecified atom stereocenters. The van der Waals surface area contributed by atoms with Crippen LogP contribution in [0.15, 0.2) is 0 Å². The zero-order valence-electron chi connectivity index (χ0n) is 13.0. The Morgan fingerprint density at radius 1 is 0.387 bits per heavy atom. The van der Waals surface area contributed by atoms with Crippen molar-refractivity contribution in [2.75, 3.05) is 0 Å². The van der Waals surface area contributed by atoms with Crippen LogP contribution in [-0.2, 0) is 4.57 Å². The molecular formula is C9HF19O2P+. The molecule has 31 heavy (non-hydrogen) atoms. The molecule has 0 saturated heterocycles. The summed E-state index contributed by atoms with van der Waals surface area (Å²) in [4.78, 5) is 7.75. The third kappa shape index (κ3) is 3.49. The van der Waals surface area contributed by atoms with Crippen molar-refractivity contribution in [2.45, 2.75) is 53.3 Å². The fraction of sp³-hybridized carbons (Fsp3) is 1.00. The van der Waals surface area contributed by atoms with Crippen LogP contribution in [-0.4, -0.2) is 58.2 Å². The van der Waals surface area contributed by atoms with Crippen molar-refractivity contribution >= 4 is 8.03 Å². The van der Waals surface area contributed by atoms with Crippen LogP contribution in [0.4, 0.5) is 83.4 Å². The Morgan fingerprint density at radius 2 is 0.581 bits per heavy atom. The molecule has 0 aromatic heterocycles. The minimum Gasteiger partial charge on any atom is -0.192 e. The van der Waals surface area contributed by atoms with E-state index in [-0.39, 0.29) is 0 Å². The second kappa shape index (κ2) is 7.11. The normalized spacial score (nSPS) is 17.1. The van der Waals surface area contributed by atoms with Gasteiger partial charge in [0.15, 0.2) is 0 Å². The van der Waals surface area contributed by atoms with Crippen molar-refractivity contribution in [1.82, 2.24) is 0 Å². The molecule has 186 valence electrons. The first-order valence-corrected chi connectivity index (χ1v) is 7.41. The van der Waals surface area contributed by atoms with Gasteiger partial charge in [-0.3, -0.25) is 0 Å². The third-order valence-electron chi connectivity index (χ3n) is 3.34. The molecule has 0 spiro atoms. The molecule has 0 aliphatic carbocycles. The molecule has 0 rings (SSSR count). The van der Waals surface area contributed by atoms with E-state index in [1.165, 1.54) is 0 Å². The standard InChI is InChI=1S/C9F19O2P/c10-1(11,2(12,13)4(16,17)6(20,21)8(24,25)26)3(14,15)5(18,19)7(22,23)9(27,28)31(29)30/p+1. The fourth-order valence-electron chi connectivity index (χ4n) is 1.47. The summed E-state index contributed by atoms with van der Waals surface area (Å²) in [6.07, 6.45) is -7.94. The van der Waals surface area contributed by atoms with E-state index in [9.17, 15) is 88.0 Å². The van der Waals surface area contributed by atoms with Crippen LogP contribution in [0.25, 0.3) is 0 Å². The van der Waals surface area contributed by atoms with E-state index >= 15 is 0 Å². The van der Waals surface area contributed by atoms with Gasteiger partial charge >= 0.3 is 61.3 Å². The Balaban J connectivity index is 6.95. The topological polar surface area (TPSA) is 37.3 Å². The molecule has 0 aliphatic rings. The Kier molecular flexibility index (Phi) is 6.82. The van der Waals surface area contributed by atoms with Crippen LogP contribution in [0.3, 0.4) is 0 Å². The summed E-state index contributed by atoms with van der Waals surface area (Å²) in [6, 6.07) is 0. The average molecular weight is 533 g/mol. The lowest BCUT2D eigenvalue weighted by Gasteiger charge is -2.42. The maximum atomic E-state index is 13.2. The van der Waals surface area contributed by atoms with Gasteiger partial charge in [0, 0.05) is 0 Å². The quantitative estimate of drug-likeness (QED) is 0.293. The molecule has 0 fully saturated rings. The molecule has 0 heterocycles. The highest BCUT2D eigenvalue weighted by Gasteiger charge is 2.98. The summed E-state index contributed by atoms with van der Waals surface area (Å²) in [7, 11) is -6.06. The van der Waals surface area contributed by atoms with Gasteiger partial charge in [0.05, 0.1) is 0 Å². The van der Waals surface area contributed by atoms with Crippen molar-refractivity contribution < 1.29 is 92.9 Å². The largest absolute Gasteiger partial charge is 0.591 e. The second-order valence-electron chi connectivity index (χ2n) is 5.33. The lowest BCUT2D eigenvalue weighted by Crippen LogP contribution is -2.75. The second-order valence-corrected chi connectivity index (χ2v) is 6.44. The summed E-state index contributed by atoms with van der Waals surface area (Å²) in [6.45, 7) is 0. The zero-order chi connectivity index (χ0) is 26.1. The maximum absolute atomic E-state index is 13.2. The fourth-order valence-corrected chi connectivity index (χ4v) is 1.85. The first kappa shape index (κ1) is 29.7. The summed E-state index contributed by atoms with van der Waals surface area (Å²) in [5.41, 5.74) is -7.36. The SMILES string of the molecule is O=[P+](O)C(F)(F)C(F)(F)C(F)(F)C(F)(F)C(F)(F)C(F)(F)C(F)(F)C(F)(F)C(F)(F)F. The smallest absolute Gasteiger partial charge is 0.192 e. The van der Waals surface area contributed by atoms with Gasteiger partial charge in [-0.05, 0) is 4.57 Å². The summed E-state index contributed by atoms with van der Waals surface area (Å²) < 4.78 is 252. The van der Waals surface area contributed by atoms with Gasteiger partial charge in [-0.25, -0.2) is 0 Å². The highest BCUT2D eigenvalue weighted by Crippen LogP contribution is 2.66. The van der Waals surface area contributed by atoms with Crippen LogP contribution < -0.4 is 0 Å². The van der Waals surface area contributed by atoms with E-state index in [4.69, 9.17) is 4.89 Å². The van der Waals surface area contributed by atoms with Crippen molar-refractivity contribution in [3.8, 4) is 0 Å². The van der Waals surface area contributed by atoms with Crippen molar-refractivity contribution in [3.05, 3.63) is 0 Å². The average Bonchev–Trinajstić information content (AvgIpc) is 2.52. The predicted molar refractivity (Wildman–Crippen MR) is 55.5 cm³/mol. The van der Waals surface area contributed by atoms with Crippen LogP contribution in [0, 0.1) is 0 Å². The molecule has 0 aromatic carbocycles. The van der Waals surface area contributed by atoms with Crippen molar-refractivity contribution in [1.29, 1.82) is 0 Å². The van der Waals surface area contributed by atoms with Crippen LogP contribution in [0.1, 0.15) is 0 Å². The zero-order valence-corrected chi connectivity index (χ0v) is 13.9. The number of hydrogen-bond donors (Lipinski definition) is 1. The number of halogens is 19. The minimum atomic E-state index is -9.04. The minimum absolute atomic E-state index is 6.06. The van der Waals surface area contributed by atoms with Gasteiger partial charge in [0.2, 0.25) is 0 Å². The Hall–Kier alpha value is -1.27. The summed E-state index contributed by atoms with van der Waals surface area (Å²) in [5, 5.41) is 0. The molecule has 22 heteroatoms. The molecule has 0 aromatic rings. The lowest BCUT2D eigenvalue weighted by atomic mass is 9.89. The van der Waals surface area contributed by atoms with Gasteiger partial charge < -0.3 is 0 Å². The van der Waals surface area contributed by atoms with Gasteiger partial charge in [0.1, 0.15) is 0 Å². The predicted octanol–water partition coefficient (Wildman–Crippen LogP) is 6.32. The molecular weight excluding hydrogens is 532 g/mol. The molecule has 1 atom stereocenters. The van der Waals surface area contributed by atoms with E-state index in [0.29, 0.717) is 0 Å². The maximum Gasteiger partial charge on any atom is 0.591 e. The van der Waals surface area contributed by atoms with E-state index in [1.54, 1.807) is 0 Å². The highest BCUT2D eigenvalue weighted by atomic mass is 31.1. The molecule has 0 bridgehead atoms. The lowest BCUT2D eigenvalue weighted by molar-refractivity contribution is -0.466. The van der Waals surface area contributed by atoms with E-state index in [1.807, 2.05) is 0 Å². The van der Waals surface area contributed by atoms with E-state index in [0.717, 1.165) is 0 Å². The van der Waals surface area contributed by atoms with Crippen LogP contribution in [0.5, 0.6) is 0 Å². The van der Waals surface area contributed by atoms with Crippen molar-refractivity contribution in [3.63, 3.8) is 0 Å². The van der Waals surface area contributed by atoms with Gasteiger partial charge in [0.25, 0.3) is 0 Å². The Bertz CT molecular complexity index is 706. The third-order valence-corrected chi connectivity index (χ3v) is 4.10. The van der Waals surface area contributed by atoms with Gasteiger partial charge in [-0.15, -0.1) is 8.78 Å². The highest BCUT2D eigenvalue weighted by molar-refractivity contribution is 7.39. The first-order chi connectivity index (χ1) is 12.9. The molecule has 0 radical (unpaired) electrons. The molecule has 0 saturated carbocycles. The molecule has 0 aliphatic heterocycles. The number of rotatable bonds is 8. The number of alkyl halides is 19. The van der Waals surface area contributed by atoms with Gasteiger partial charge in [-0.1, -0.05) is 0 Å². The van der Waals surface area contributed by atoms with Gasteiger partial charge in [-0.2, -0.15) is 79.5 Å². The molecule has 1 N–H and O–H groups in total. The first-order valence-electron chi connectivity index (χ1n) is 6.20. The summed E-state index contributed by atoms with van der Waals surface area (Å²) in [5.74, 6) is -61.1. The van der Waals surface area contributed by atoms with Crippen LogP contribution >= 0.6 is 8.03 Å². The Morgan fingerprint density at radius 3 is 0.774 bits per heavy atom. The molecule has 0 amide bonds. The monoisotopic (exact) mass is 533 g/mol. The van der Waals surface area contributed by atoms with Crippen molar-refractivity contribution in [2.24, 2.45) is 0 Å². The Labute approximate surface area is 155 Å². The van der Waals surface area contributed by atoms with E-state index in [2.05, 4.69) is 0 Å².